The Labute approximate surface area is 116 Å². The van der Waals surface area contributed by atoms with Gasteiger partial charge in [-0.05, 0) is 29.5 Å². The molecule has 0 bridgehead atoms. The first kappa shape index (κ1) is 13.4. The summed E-state index contributed by atoms with van der Waals surface area (Å²) in [6, 6.07) is 9.79. The van der Waals surface area contributed by atoms with Gasteiger partial charge in [-0.15, -0.1) is 11.3 Å². The lowest BCUT2D eigenvalue weighted by molar-refractivity contribution is 0.406. The second kappa shape index (κ2) is 6.20. The van der Waals surface area contributed by atoms with E-state index in [0.29, 0.717) is 0 Å². The van der Waals surface area contributed by atoms with E-state index in [1.807, 2.05) is 35.7 Å². The molecule has 0 aliphatic heterocycles. The van der Waals surface area contributed by atoms with E-state index in [1.165, 1.54) is 0 Å². The highest BCUT2D eigenvalue weighted by molar-refractivity contribution is 7.10. The molecule has 0 aliphatic rings. The van der Waals surface area contributed by atoms with Crippen molar-refractivity contribution in [3.63, 3.8) is 0 Å². The molecular formula is C13H15ClN2OS. The number of benzene rings is 1. The van der Waals surface area contributed by atoms with Crippen molar-refractivity contribution in [2.45, 2.75) is 12.5 Å². The van der Waals surface area contributed by atoms with Crippen molar-refractivity contribution in [3.8, 4) is 5.75 Å². The van der Waals surface area contributed by atoms with Gasteiger partial charge in [0.25, 0.3) is 0 Å². The third-order valence-corrected chi connectivity index (χ3v) is 4.25. The van der Waals surface area contributed by atoms with Gasteiger partial charge in [0, 0.05) is 4.88 Å². The largest absolute Gasteiger partial charge is 0.496 e. The van der Waals surface area contributed by atoms with E-state index in [4.69, 9.17) is 22.2 Å². The molecular weight excluding hydrogens is 268 g/mol. The van der Waals surface area contributed by atoms with Crippen LogP contribution < -0.4 is 16.0 Å². The Morgan fingerprint density at radius 3 is 2.78 bits per heavy atom. The molecule has 0 saturated carbocycles. The average molecular weight is 283 g/mol. The van der Waals surface area contributed by atoms with Crippen LogP contribution in [0.15, 0.2) is 35.7 Å². The van der Waals surface area contributed by atoms with E-state index in [2.05, 4.69) is 5.43 Å². The van der Waals surface area contributed by atoms with E-state index >= 15 is 0 Å². The van der Waals surface area contributed by atoms with Gasteiger partial charge in [-0.25, -0.2) is 0 Å². The smallest absolute Gasteiger partial charge is 0.122 e. The number of hydrogen-bond acceptors (Lipinski definition) is 4. The van der Waals surface area contributed by atoms with E-state index in [-0.39, 0.29) is 6.04 Å². The summed E-state index contributed by atoms with van der Waals surface area (Å²) >= 11 is 7.74. The third kappa shape index (κ3) is 2.84. The van der Waals surface area contributed by atoms with Crippen LogP contribution in [0.25, 0.3) is 0 Å². The van der Waals surface area contributed by atoms with E-state index in [0.717, 1.165) is 27.6 Å². The van der Waals surface area contributed by atoms with Crippen molar-refractivity contribution in [1.82, 2.24) is 5.43 Å². The maximum absolute atomic E-state index is 6.14. The quantitative estimate of drug-likeness (QED) is 0.654. The highest BCUT2D eigenvalue weighted by Gasteiger charge is 2.17. The van der Waals surface area contributed by atoms with Crippen LogP contribution >= 0.6 is 22.9 Å². The fourth-order valence-electron chi connectivity index (χ4n) is 1.87. The van der Waals surface area contributed by atoms with Gasteiger partial charge in [0.15, 0.2) is 0 Å². The first-order valence-corrected chi connectivity index (χ1v) is 6.83. The third-order valence-electron chi connectivity index (χ3n) is 2.78. The summed E-state index contributed by atoms with van der Waals surface area (Å²) in [5.74, 6) is 6.50. The lowest BCUT2D eigenvalue weighted by Gasteiger charge is -2.16. The second-order valence-corrected chi connectivity index (χ2v) is 5.22. The highest BCUT2D eigenvalue weighted by Crippen LogP contribution is 2.32. The molecule has 1 heterocycles. The summed E-state index contributed by atoms with van der Waals surface area (Å²) in [5.41, 5.74) is 3.92. The average Bonchev–Trinajstić information content (AvgIpc) is 2.82. The molecule has 3 nitrogen and oxygen atoms in total. The molecule has 0 radical (unpaired) electrons. The molecule has 0 spiro atoms. The van der Waals surface area contributed by atoms with Gasteiger partial charge < -0.3 is 4.74 Å². The Morgan fingerprint density at radius 2 is 2.17 bits per heavy atom. The maximum Gasteiger partial charge on any atom is 0.122 e. The number of ether oxygens (including phenoxy) is 1. The van der Waals surface area contributed by atoms with Crippen molar-refractivity contribution in [2.24, 2.45) is 5.84 Å². The van der Waals surface area contributed by atoms with Crippen LogP contribution in [-0.2, 0) is 6.42 Å². The lowest BCUT2D eigenvalue weighted by atomic mass is 10.0. The van der Waals surface area contributed by atoms with Gasteiger partial charge >= 0.3 is 0 Å². The Hall–Kier alpha value is -1.07. The van der Waals surface area contributed by atoms with Crippen molar-refractivity contribution in [3.05, 3.63) is 51.2 Å². The molecule has 3 N–H and O–H groups in total. The molecule has 1 aromatic carbocycles. The van der Waals surface area contributed by atoms with E-state index in [1.54, 1.807) is 18.4 Å². The molecule has 0 fully saturated rings. The van der Waals surface area contributed by atoms with Crippen LogP contribution in [0.5, 0.6) is 5.75 Å². The number of methoxy groups -OCH3 is 1. The van der Waals surface area contributed by atoms with Crippen molar-refractivity contribution in [1.29, 1.82) is 0 Å². The molecule has 18 heavy (non-hydrogen) atoms. The van der Waals surface area contributed by atoms with Crippen molar-refractivity contribution in [2.75, 3.05) is 7.11 Å². The number of hydrazine groups is 1. The van der Waals surface area contributed by atoms with Gasteiger partial charge in [-0.3, -0.25) is 11.3 Å². The fraction of sp³-hybridized carbons (Fsp3) is 0.231. The number of para-hydroxylation sites is 1. The molecule has 0 aliphatic carbocycles. The molecule has 0 saturated heterocycles. The Kier molecular flexibility index (Phi) is 4.60. The second-order valence-electron chi connectivity index (χ2n) is 3.87. The minimum Gasteiger partial charge on any atom is -0.496 e. The van der Waals surface area contributed by atoms with Crippen molar-refractivity contribution < 1.29 is 4.74 Å². The molecule has 1 atom stereocenters. The van der Waals surface area contributed by atoms with Crippen molar-refractivity contribution >= 4 is 22.9 Å². The summed E-state index contributed by atoms with van der Waals surface area (Å²) in [7, 11) is 1.67. The molecule has 1 aromatic heterocycles. The van der Waals surface area contributed by atoms with Crippen LogP contribution in [0.2, 0.25) is 5.02 Å². The van der Waals surface area contributed by atoms with Crippen LogP contribution in [0, 0.1) is 0 Å². The summed E-state index contributed by atoms with van der Waals surface area (Å²) in [5, 5.41) is 2.71. The number of hydrogen-bond donors (Lipinski definition) is 2. The fourth-order valence-corrected chi connectivity index (χ4v) is 3.12. The summed E-state index contributed by atoms with van der Waals surface area (Å²) in [4.78, 5) is 1.05. The van der Waals surface area contributed by atoms with Gasteiger partial charge in [0.05, 0.1) is 18.2 Å². The monoisotopic (exact) mass is 282 g/mol. The zero-order valence-electron chi connectivity index (χ0n) is 10.0. The SMILES string of the molecule is COc1ccccc1CC(NN)c1sccc1Cl. The minimum absolute atomic E-state index is 0.00574. The predicted molar refractivity (Wildman–Crippen MR) is 76.1 cm³/mol. The zero-order valence-corrected chi connectivity index (χ0v) is 11.6. The van der Waals surface area contributed by atoms with Gasteiger partial charge in [0.1, 0.15) is 5.75 Å². The first-order chi connectivity index (χ1) is 8.76. The summed E-state index contributed by atoms with van der Waals surface area (Å²) < 4.78 is 5.34. The normalized spacial score (nSPS) is 12.4. The molecule has 1 unspecified atom stereocenters. The zero-order chi connectivity index (χ0) is 13.0. The minimum atomic E-state index is -0.00574. The van der Waals surface area contributed by atoms with Gasteiger partial charge in [-0.1, -0.05) is 29.8 Å². The van der Waals surface area contributed by atoms with E-state index in [9.17, 15) is 0 Å². The first-order valence-electron chi connectivity index (χ1n) is 5.57. The topological polar surface area (TPSA) is 47.3 Å². The molecule has 0 amide bonds. The number of nitrogens with two attached hydrogens (primary N) is 1. The number of rotatable bonds is 5. The van der Waals surface area contributed by atoms with Gasteiger partial charge in [-0.2, -0.15) is 0 Å². The van der Waals surface area contributed by atoms with Crippen LogP contribution in [0.4, 0.5) is 0 Å². The van der Waals surface area contributed by atoms with Crippen LogP contribution in [0.1, 0.15) is 16.5 Å². The predicted octanol–water partition coefficient (Wildman–Crippen LogP) is 3.16. The van der Waals surface area contributed by atoms with Crippen LogP contribution in [0.3, 0.4) is 0 Å². The molecule has 2 aromatic rings. The molecule has 96 valence electrons. The summed E-state index contributed by atoms with van der Waals surface area (Å²) in [6.07, 6.45) is 0.737. The number of halogens is 1. The summed E-state index contributed by atoms with van der Waals surface area (Å²) in [6.45, 7) is 0. The highest BCUT2D eigenvalue weighted by atomic mass is 35.5. The Balaban J connectivity index is 2.23. The maximum atomic E-state index is 6.14. The molecule has 2 rings (SSSR count). The lowest BCUT2D eigenvalue weighted by Crippen LogP contribution is -2.29. The Morgan fingerprint density at radius 1 is 1.39 bits per heavy atom. The van der Waals surface area contributed by atoms with E-state index < -0.39 is 0 Å². The molecule has 5 heteroatoms. The Bertz CT molecular complexity index is 515. The number of thiophene rings is 1. The van der Waals surface area contributed by atoms with Crippen LogP contribution in [-0.4, -0.2) is 7.11 Å². The standard InChI is InChI=1S/C13H15ClN2OS/c1-17-12-5-3-2-4-9(12)8-11(16-15)13-10(14)6-7-18-13/h2-7,11,16H,8,15H2,1H3. The number of nitrogens with one attached hydrogen (secondary N) is 1. The van der Waals surface area contributed by atoms with Gasteiger partial charge in [0.2, 0.25) is 0 Å².